The van der Waals surface area contributed by atoms with Crippen LogP contribution in [-0.4, -0.2) is 4.98 Å². The van der Waals surface area contributed by atoms with E-state index in [0.717, 1.165) is 16.8 Å². The van der Waals surface area contributed by atoms with Gasteiger partial charge in [0.05, 0.1) is 5.69 Å². The van der Waals surface area contributed by atoms with Crippen LogP contribution >= 0.6 is 0 Å². The highest BCUT2D eigenvalue weighted by Gasteiger charge is 2.37. The Morgan fingerprint density at radius 3 is 0.946 bits per heavy atom. The lowest BCUT2D eigenvalue weighted by atomic mass is 9.80. The Labute approximate surface area is 434 Å². The number of hydrogen-bond donors (Lipinski definition) is 0. The Bertz CT molecular complexity index is 3950. The molecule has 12 aromatic rings. The van der Waals surface area contributed by atoms with Crippen LogP contribution < -0.4 is 0 Å². The van der Waals surface area contributed by atoms with E-state index in [1.54, 1.807) is 0 Å². The lowest BCUT2D eigenvalue weighted by Gasteiger charge is -2.23. The number of hydrogen-bond acceptors (Lipinski definition) is 1. The monoisotopic (exact) mass is 943 g/mol. The quantitative estimate of drug-likeness (QED) is 0.155. The number of nitrogens with zero attached hydrogens (tertiary/aromatic N) is 1. The molecule has 350 valence electrons. The fourth-order valence-corrected chi connectivity index (χ4v) is 12.3. The Hall–Kier alpha value is -8.91. The van der Waals surface area contributed by atoms with E-state index >= 15 is 0 Å². The van der Waals surface area contributed by atoms with Gasteiger partial charge in [0.2, 0.25) is 0 Å². The van der Waals surface area contributed by atoms with Gasteiger partial charge >= 0.3 is 0 Å². The summed E-state index contributed by atoms with van der Waals surface area (Å²) < 4.78 is 0. The summed E-state index contributed by atoms with van der Waals surface area (Å²) in [5, 5.41) is 5.05. The van der Waals surface area contributed by atoms with Gasteiger partial charge in [-0.25, -0.2) is 0 Å². The molecule has 0 radical (unpaired) electrons. The normalized spacial score (nSPS) is 13.6. The van der Waals surface area contributed by atoms with Crippen molar-refractivity contribution in [2.75, 3.05) is 0 Å². The zero-order valence-electron chi connectivity index (χ0n) is 42.1. The van der Waals surface area contributed by atoms with Crippen LogP contribution in [0.5, 0.6) is 0 Å². The van der Waals surface area contributed by atoms with Crippen LogP contribution in [-0.2, 0) is 10.8 Å². The summed E-state index contributed by atoms with van der Waals surface area (Å²) in [7, 11) is 0. The van der Waals surface area contributed by atoms with E-state index in [1.807, 2.05) is 6.20 Å². The van der Waals surface area contributed by atoms with E-state index in [1.165, 1.54) is 127 Å². The third-order valence-corrected chi connectivity index (χ3v) is 16.5. The minimum atomic E-state index is -0.156. The molecule has 14 rings (SSSR count). The van der Waals surface area contributed by atoms with Crippen LogP contribution in [0.1, 0.15) is 49.9 Å². The van der Waals surface area contributed by atoms with Crippen molar-refractivity contribution < 1.29 is 0 Å². The molecule has 74 heavy (non-hydrogen) atoms. The van der Waals surface area contributed by atoms with Gasteiger partial charge in [-0.05, 0) is 182 Å². The minimum Gasteiger partial charge on any atom is -0.256 e. The summed E-state index contributed by atoms with van der Waals surface area (Å²) in [5.41, 5.74) is 27.2. The molecule has 1 heteroatoms. The molecule has 1 heterocycles. The maximum absolute atomic E-state index is 5.04. The molecule has 0 saturated heterocycles. The van der Waals surface area contributed by atoms with Gasteiger partial charge in [-0.15, -0.1) is 0 Å². The molecule has 1 aromatic heterocycles. The van der Waals surface area contributed by atoms with Crippen molar-refractivity contribution in [3.63, 3.8) is 0 Å². The molecular formula is C73H53N. The summed E-state index contributed by atoms with van der Waals surface area (Å²) in [6, 6.07) is 90.0. The first-order valence-electron chi connectivity index (χ1n) is 26.0. The summed E-state index contributed by atoms with van der Waals surface area (Å²) in [4.78, 5) is 5.04. The Morgan fingerprint density at radius 2 is 0.541 bits per heavy atom. The SMILES string of the molecule is CC1(C)c2cc(-c3ccc(-c4ccc(-c5ccc6c(c5)C(C)(C)c5cc(-c7cccc(-c8ccc9ccccc9c8)c7)ccc5-6)cn4)cc3)ccc2-c2ccc(-c3cccc(-c4ccc5ccccc5c4)c3)cc21. The van der Waals surface area contributed by atoms with E-state index in [0.29, 0.717) is 0 Å². The number of benzene rings is 11. The van der Waals surface area contributed by atoms with Crippen molar-refractivity contribution in [1.82, 2.24) is 4.98 Å². The molecule has 1 nitrogen and oxygen atoms in total. The lowest BCUT2D eigenvalue weighted by Crippen LogP contribution is -2.15. The van der Waals surface area contributed by atoms with Gasteiger partial charge in [0.15, 0.2) is 0 Å². The topological polar surface area (TPSA) is 12.9 Å². The predicted octanol–water partition coefficient (Wildman–Crippen LogP) is 19.7. The molecule has 0 N–H and O–H groups in total. The van der Waals surface area contributed by atoms with Crippen LogP contribution in [0.3, 0.4) is 0 Å². The van der Waals surface area contributed by atoms with Crippen molar-refractivity contribution in [3.05, 3.63) is 271 Å². The maximum Gasteiger partial charge on any atom is 0.0702 e. The average molecular weight is 944 g/mol. The van der Waals surface area contributed by atoms with Crippen molar-refractivity contribution in [2.45, 2.75) is 38.5 Å². The standard InChI is InChI=1S/C73H53N/c1-72(2)67-41-58(27-32-63(67)64-33-28-59(42-68(64)72)54-17-9-15-52(39-54)56-25-21-46-11-5-7-13-50(46)37-56)48-19-23-49(24-20-48)71-36-31-62(45-74-71)61-30-35-66-65-34-29-60(43-69(65)73(3,4)70(66)44-61)55-18-10-16-53(40-55)57-26-22-47-12-6-8-14-51(47)38-57/h5-45H,1-4H3. The molecular weight excluding hydrogens is 891 g/mol. The van der Waals surface area contributed by atoms with Crippen molar-refractivity contribution in [2.24, 2.45) is 0 Å². The maximum atomic E-state index is 5.04. The Kier molecular flexibility index (Phi) is 9.98. The molecule has 0 unspecified atom stereocenters. The zero-order chi connectivity index (χ0) is 49.7. The van der Waals surface area contributed by atoms with E-state index in [-0.39, 0.29) is 10.8 Å². The summed E-state index contributed by atoms with van der Waals surface area (Å²) in [6.07, 6.45) is 2.04. The first-order chi connectivity index (χ1) is 36.1. The van der Waals surface area contributed by atoms with Gasteiger partial charge in [-0.1, -0.05) is 216 Å². The third-order valence-electron chi connectivity index (χ3n) is 16.5. The number of aromatic nitrogens is 1. The molecule has 0 atom stereocenters. The first kappa shape index (κ1) is 43.8. The lowest BCUT2D eigenvalue weighted by molar-refractivity contribution is 0.660. The fraction of sp³-hybridized carbons (Fsp3) is 0.0822. The van der Waals surface area contributed by atoms with E-state index in [2.05, 4.69) is 270 Å². The van der Waals surface area contributed by atoms with Gasteiger partial charge in [0, 0.05) is 28.2 Å². The van der Waals surface area contributed by atoms with E-state index in [4.69, 9.17) is 4.98 Å². The Morgan fingerprint density at radius 1 is 0.230 bits per heavy atom. The van der Waals surface area contributed by atoms with E-state index in [9.17, 15) is 0 Å². The fourth-order valence-electron chi connectivity index (χ4n) is 12.3. The van der Waals surface area contributed by atoms with Crippen LogP contribution in [0.15, 0.2) is 249 Å². The molecule has 2 aliphatic rings. The summed E-state index contributed by atoms with van der Waals surface area (Å²) in [6.45, 7) is 9.49. The number of fused-ring (bicyclic) bond motifs is 8. The average Bonchev–Trinajstić information content (AvgIpc) is 3.83. The van der Waals surface area contributed by atoms with Gasteiger partial charge in [-0.3, -0.25) is 4.98 Å². The largest absolute Gasteiger partial charge is 0.256 e. The number of rotatable bonds is 7. The van der Waals surface area contributed by atoms with Crippen LogP contribution in [0.4, 0.5) is 0 Å². The zero-order valence-corrected chi connectivity index (χ0v) is 42.1. The highest BCUT2D eigenvalue weighted by Crippen LogP contribution is 2.52. The van der Waals surface area contributed by atoms with Crippen LogP contribution in [0.25, 0.3) is 122 Å². The molecule has 0 spiro atoms. The molecule has 2 aliphatic carbocycles. The van der Waals surface area contributed by atoms with Crippen molar-refractivity contribution in [1.29, 1.82) is 0 Å². The van der Waals surface area contributed by atoms with E-state index < -0.39 is 0 Å². The smallest absolute Gasteiger partial charge is 0.0702 e. The highest BCUT2D eigenvalue weighted by molar-refractivity contribution is 5.92. The molecule has 0 bridgehead atoms. The Balaban J connectivity index is 0.683. The van der Waals surface area contributed by atoms with Crippen molar-refractivity contribution in [3.8, 4) is 100 Å². The van der Waals surface area contributed by atoms with Gasteiger partial charge in [-0.2, -0.15) is 0 Å². The number of pyridine rings is 1. The third kappa shape index (κ3) is 7.26. The highest BCUT2D eigenvalue weighted by atomic mass is 14.7. The van der Waals surface area contributed by atoms with Gasteiger partial charge in [0.1, 0.15) is 0 Å². The molecule has 11 aromatic carbocycles. The van der Waals surface area contributed by atoms with Gasteiger partial charge in [0.25, 0.3) is 0 Å². The second-order valence-corrected chi connectivity index (χ2v) is 21.6. The van der Waals surface area contributed by atoms with Crippen LogP contribution in [0, 0.1) is 0 Å². The first-order valence-corrected chi connectivity index (χ1v) is 26.0. The molecule has 0 amide bonds. The van der Waals surface area contributed by atoms with Gasteiger partial charge < -0.3 is 0 Å². The molecule has 0 aliphatic heterocycles. The molecule has 0 fully saturated rings. The summed E-state index contributed by atoms with van der Waals surface area (Å²) in [5.74, 6) is 0. The second-order valence-electron chi connectivity index (χ2n) is 21.6. The second kappa shape index (κ2) is 16.8. The van der Waals surface area contributed by atoms with Crippen LogP contribution in [0.2, 0.25) is 0 Å². The van der Waals surface area contributed by atoms with Crippen molar-refractivity contribution >= 4 is 21.5 Å². The minimum absolute atomic E-state index is 0.146. The molecule has 0 saturated carbocycles. The predicted molar refractivity (Wildman–Crippen MR) is 312 cm³/mol. The summed E-state index contributed by atoms with van der Waals surface area (Å²) >= 11 is 0.